The molecule has 0 aromatic heterocycles. The first-order valence-electron chi connectivity index (χ1n) is 19.3. The van der Waals surface area contributed by atoms with Crippen molar-refractivity contribution >= 4 is 39.3 Å². The van der Waals surface area contributed by atoms with Gasteiger partial charge in [0, 0.05) is 34.1 Å². The van der Waals surface area contributed by atoms with Crippen molar-refractivity contribution in [2.24, 2.45) is 10.2 Å². The van der Waals surface area contributed by atoms with E-state index in [0.29, 0.717) is 43.3 Å². The minimum atomic E-state index is -1.96. The van der Waals surface area contributed by atoms with Crippen molar-refractivity contribution in [1.82, 2.24) is 0 Å². The Labute approximate surface area is 349 Å². The van der Waals surface area contributed by atoms with Crippen LogP contribution in [0.2, 0.25) is 43.3 Å². The molecule has 0 saturated heterocycles. The normalized spacial score (nSPS) is 13.8. The lowest BCUT2D eigenvalue weighted by Crippen LogP contribution is -2.43. The van der Waals surface area contributed by atoms with Gasteiger partial charge in [-0.1, -0.05) is 153 Å². The smallest absolute Gasteiger partial charge is 0.147 e. The van der Waals surface area contributed by atoms with E-state index in [9.17, 15) is 0 Å². The number of halogens is 2. The molecule has 14 heteroatoms. The second kappa shape index (κ2) is 25.4. The standard InChI is InChI=1S/2C21H32ClN3O2Si/c2*1-15(2)28(16(3)4,17(5)6)13-12-20(24-25-23)21(27-14-26-7)18-8-10-19(22)11-9-18/h2*8-11,15-17,20-21H,14H2,1-7H3/t2*20-,21+/m10/s1. The summed E-state index contributed by atoms with van der Waals surface area (Å²) in [4.78, 5) is 6.07. The second-order valence-electron chi connectivity index (χ2n) is 15.7. The van der Waals surface area contributed by atoms with Gasteiger partial charge < -0.3 is 18.9 Å². The lowest BCUT2D eigenvalue weighted by molar-refractivity contribution is -0.0761. The Kier molecular flexibility index (Phi) is 23.2. The molecule has 0 heterocycles. The average molecular weight is 844 g/mol. The highest BCUT2D eigenvalue weighted by atomic mass is 35.5. The van der Waals surface area contributed by atoms with Gasteiger partial charge in [0.05, 0.1) is 0 Å². The summed E-state index contributed by atoms with van der Waals surface area (Å²) >= 11 is 12.0. The number of azide groups is 2. The van der Waals surface area contributed by atoms with Gasteiger partial charge in [0.2, 0.25) is 0 Å². The largest absolute Gasteiger partial charge is 0.359 e. The van der Waals surface area contributed by atoms with Crippen LogP contribution in [0, 0.1) is 22.9 Å². The van der Waals surface area contributed by atoms with Crippen LogP contribution >= 0.6 is 23.2 Å². The molecule has 0 radical (unpaired) electrons. The predicted molar refractivity (Wildman–Crippen MR) is 238 cm³/mol. The van der Waals surface area contributed by atoms with Crippen molar-refractivity contribution in [2.45, 2.75) is 141 Å². The summed E-state index contributed by atoms with van der Waals surface area (Å²) in [5.74, 6) is 6.61. The molecule has 308 valence electrons. The van der Waals surface area contributed by atoms with Gasteiger partial charge in [-0.3, -0.25) is 0 Å². The Morgan fingerprint density at radius 3 is 1.02 bits per heavy atom. The first-order valence-corrected chi connectivity index (χ1v) is 24.5. The fourth-order valence-corrected chi connectivity index (χ4v) is 18.8. The van der Waals surface area contributed by atoms with Crippen LogP contribution in [0.4, 0.5) is 0 Å². The van der Waals surface area contributed by atoms with Crippen LogP contribution in [-0.4, -0.2) is 56.0 Å². The molecule has 0 aliphatic rings. The zero-order valence-electron chi connectivity index (χ0n) is 35.9. The number of benzene rings is 2. The quantitative estimate of drug-likeness (QED) is 0.0369. The number of nitrogens with zero attached hydrogens (tertiary/aromatic N) is 6. The molecule has 2 aromatic rings. The van der Waals surface area contributed by atoms with Gasteiger partial charge in [0.15, 0.2) is 0 Å². The van der Waals surface area contributed by atoms with E-state index in [1.807, 2.05) is 24.3 Å². The summed E-state index contributed by atoms with van der Waals surface area (Å²) in [6.07, 6.45) is -1.06. The molecule has 0 aliphatic carbocycles. The van der Waals surface area contributed by atoms with Crippen LogP contribution in [0.25, 0.3) is 20.9 Å². The van der Waals surface area contributed by atoms with Crippen molar-refractivity contribution in [2.75, 3.05) is 27.8 Å². The fourth-order valence-electron chi connectivity index (χ4n) is 8.03. The third-order valence-electron chi connectivity index (χ3n) is 10.7. The Morgan fingerprint density at radius 1 is 0.536 bits per heavy atom. The van der Waals surface area contributed by atoms with Crippen molar-refractivity contribution in [3.05, 3.63) is 90.6 Å². The Bertz CT molecular complexity index is 1520. The molecule has 0 spiro atoms. The van der Waals surface area contributed by atoms with Crippen LogP contribution in [-0.2, 0) is 18.9 Å². The number of hydrogen-bond donors (Lipinski definition) is 0. The monoisotopic (exact) mass is 842 g/mol. The lowest BCUT2D eigenvalue weighted by atomic mass is 10.0. The second-order valence-corrected chi connectivity index (χ2v) is 27.8. The molecule has 0 amide bonds. The molecule has 2 rings (SSSR count). The van der Waals surface area contributed by atoms with E-state index in [2.05, 4.69) is 126 Å². The van der Waals surface area contributed by atoms with Crippen molar-refractivity contribution in [3.8, 4) is 22.9 Å². The van der Waals surface area contributed by atoms with E-state index in [-0.39, 0.29) is 13.6 Å². The van der Waals surface area contributed by atoms with Crippen LogP contribution in [0.5, 0.6) is 0 Å². The molecule has 0 saturated carbocycles. The molecule has 0 unspecified atom stereocenters. The van der Waals surface area contributed by atoms with Crippen LogP contribution in [0.15, 0.2) is 58.8 Å². The first-order chi connectivity index (χ1) is 26.4. The highest BCUT2D eigenvalue weighted by molar-refractivity contribution is 6.91. The molecule has 4 atom stereocenters. The summed E-state index contributed by atoms with van der Waals surface area (Å²) < 4.78 is 21.9. The van der Waals surface area contributed by atoms with Gasteiger partial charge >= 0.3 is 0 Å². The zero-order valence-corrected chi connectivity index (χ0v) is 39.4. The Balaban J connectivity index is 0.000000560. The van der Waals surface area contributed by atoms with Crippen molar-refractivity contribution in [1.29, 1.82) is 0 Å². The Hall–Kier alpha value is -2.97. The lowest BCUT2D eigenvalue weighted by Gasteiger charge is -2.38. The zero-order chi connectivity index (χ0) is 42.6. The molecule has 0 N–H and O–H groups in total. The van der Waals surface area contributed by atoms with E-state index < -0.39 is 40.4 Å². The average Bonchev–Trinajstić information content (AvgIpc) is 3.13. The topological polar surface area (TPSA) is 134 Å². The molecular formula is C42H64Cl2N6O4Si2. The molecule has 10 nitrogen and oxygen atoms in total. The maximum absolute atomic E-state index is 9.15. The highest BCUT2D eigenvalue weighted by Gasteiger charge is 2.43. The number of ether oxygens (including phenoxy) is 4. The summed E-state index contributed by atoms with van der Waals surface area (Å²) in [6.45, 7) is 27.2. The molecular weight excluding hydrogens is 780 g/mol. The van der Waals surface area contributed by atoms with Crippen LogP contribution in [0.1, 0.15) is 106 Å². The SMILES string of the molecule is COCO[C@@H](c1ccc(Cl)cc1)[C@@H](C#C[Si](C(C)C)(C(C)C)C(C)C)N=[N+]=[N-].COCO[C@H](c1ccc(Cl)cc1)[C@H](C#C[Si](C(C)C)(C(C)C)C(C)C)N=[N+]=[N-]. The van der Waals surface area contributed by atoms with Crippen molar-refractivity contribution < 1.29 is 18.9 Å². The van der Waals surface area contributed by atoms with Gasteiger partial charge in [-0.15, -0.1) is 11.1 Å². The van der Waals surface area contributed by atoms with Crippen LogP contribution < -0.4 is 0 Å². The first kappa shape index (κ1) is 51.1. The molecule has 56 heavy (non-hydrogen) atoms. The van der Waals surface area contributed by atoms with Gasteiger partial charge in [-0.05, 0) is 79.7 Å². The minimum Gasteiger partial charge on any atom is -0.359 e. The fraction of sp³-hybridized carbons (Fsp3) is 0.619. The third kappa shape index (κ3) is 14.1. The number of hydrogen-bond acceptors (Lipinski definition) is 6. The summed E-state index contributed by atoms with van der Waals surface area (Å²) in [5.41, 5.74) is 30.2. The Morgan fingerprint density at radius 2 is 0.804 bits per heavy atom. The van der Waals surface area contributed by atoms with Crippen molar-refractivity contribution in [3.63, 3.8) is 0 Å². The maximum atomic E-state index is 9.15. The molecule has 0 fully saturated rings. The van der Waals surface area contributed by atoms with Crippen LogP contribution in [0.3, 0.4) is 0 Å². The molecule has 0 bridgehead atoms. The maximum Gasteiger partial charge on any atom is 0.147 e. The van der Waals surface area contributed by atoms with E-state index in [0.717, 1.165) is 11.1 Å². The summed E-state index contributed by atoms with van der Waals surface area (Å²) in [6, 6.07) is 13.3. The molecule has 0 aliphatic heterocycles. The minimum absolute atomic E-state index is 0.0769. The number of rotatable bonds is 18. The number of methoxy groups -OCH3 is 2. The van der Waals surface area contributed by atoms with E-state index in [4.69, 9.17) is 53.2 Å². The van der Waals surface area contributed by atoms with Gasteiger partial charge in [0.1, 0.15) is 54.0 Å². The summed E-state index contributed by atoms with van der Waals surface area (Å²) in [7, 11) is -0.804. The van der Waals surface area contributed by atoms with Gasteiger partial charge in [-0.2, -0.15) is 0 Å². The molecule has 2 aromatic carbocycles. The van der Waals surface area contributed by atoms with Gasteiger partial charge in [0.25, 0.3) is 0 Å². The van der Waals surface area contributed by atoms with E-state index in [1.165, 1.54) is 0 Å². The summed E-state index contributed by atoms with van der Waals surface area (Å²) in [5, 5.41) is 9.21. The van der Waals surface area contributed by atoms with E-state index >= 15 is 0 Å². The highest BCUT2D eigenvalue weighted by Crippen LogP contribution is 2.42. The third-order valence-corrected chi connectivity index (χ3v) is 23.8. The van der Waals surface area contributed by atoms with Gasteiger partial charge in [-0.25, -0.2) is 0 Å². The van der Waals surface area contributed by atoms with E-state index in [1.54, 1.807) is 38.5 Å². The predicted octanol–water partition coefficient (Wildman–Crippen LogP) is 13.8.